The first-order valence-electron chi connectivity index (χ1n) is 13.2. The van der Waals surface area contributed by atoms with Crippen molar-refractivity contribution in [2.45, 2.75) is 51.1 Å². The van der Waals surface area contributed by atoms with Crippen molar-refractivity contribution in [1.29, 1.82) is 0 Å². The summed E-state index contributed by atoms with van der Waals surface area (Å²) in [6, 6.07) is 5.77. The van der Waals surface area contributed by atoms with Crippen LogP contribution in [0.15, 0.2) is 30.5 Å². The van der Waals surface area contributed by atoms with Crippen molar-refractivity contribution in [3.05, 3.63) is 53.6 Å². The molecule has 2 saturated heterocycles. The molecule has 5 heterocycles. The number of pyridine rings is 3. The highest BCUT2D eigenvalue weighted by molar-refractivity contribution is 5.97. The largest absolute Gasteiger partial charge is 0.476 e. The Kier molecular flexibility index (Phi) is 7.44. The normalized spacial score (nSPS) is 20.6. The quantitative estimate of drug-likeness (QED) is 0.396. The van der Waals surface area contributed by atoms with Gasteiger partial charge in [-0.1, -0.05) is 0 Å². The molecular formula is C28H31F3N6O2. The SMILES string of the molecule is CCNc1ccc(-c2nc(-c3cnc(OCC)c(F)c3)cc(C(=O)NC34CCC(CC3)N(C)C4)c2F)nc1F. The first-order chi connectivity index (χ1) is 18.7. The van der Waals surface area contributed by atoms with E-state index in [1.54, 1.807) is 6.92 Å². The van der Waals surface area contributed by atoms with Crippen molar-refractivity contribution in [3.63, 3.8) is 0 Å². The zero-order valence-electron chi connectivity index (χ0n) is 22.2. The van der Waals surface area contributed by atoms with Crippen molar-refractivity contribution in [3.8, 4) is 28.5 Å². The highest BCUT2D eigenvalue weighted by Gasteiger charge is 2.44. The minimum Gasteiger partial charge on any atom is -0.476 e. The van der Waals surface area contributed by atoms with Crippen molar-refractivity contribution in [2.75, 3.05) is 32.1 Å². The number of piperidine rings is 2. The minimum absolute atomic E-state index is 0.0888. The van der Waals surface area contributed by atoms with Crippen LogP contribution >= 0.6 is 0 Å². The summed E-state index contributed by atoms with van der Waals surface area (Å²) in [6.45, 7) is 4.88. The third-order valence-corrected chi connectivity index (χ3v) is 7.51. The van der Waals surface area contributed by atoms with Gasteiger partial charge < -0.3 is 20.3 Å². The van der Waals surface area contributed by atoms with Gasteiger partial charge in [-0.15, -0.1) is 0 Å². The van der Waals surface area contributed by atoms with E-state index in [0.29, 0.717) is 19.1 Å². The van der Waals surface area contributed by atoms with Crippen LogP contribution < -0.4 is 15.4 Å². The van der Waals surface area contributed by atoms with E-state index in [-0.39, 0.29) is 46.4 Å². The molecule has 2 bridgehead atoms. The fourth-order valence-corrected chi connectivity index (χ4v) is 5.54. The molecule has 1 amide bonds. The maximum Gasteiger partial charge on any atom is 0.254 e. The summed E-state index contributed by atoms with van der Waals surface area (Å²) >= 11 is 0. The minimum atomic E-state index is -0.937. The van der Waals surface area contributed by atoms with Gasteiger partial charge in [0, 0.05) is 30.9 Å². The molecular weight excluding hydrogens is 509 g/mol. The number of hydrogen-bond acceptors (Lipinski definition) is 7. The van der Waals surface area contributed by atoms with Gasteiger partial charge in [-0.2, -0.15) is 4.39 Å². The van der Waals surface area contributed by atoms with Gasteiger partial charge in [-0.3, -0.25) is 4.79 Å². The molecule has 206 valence electrons. The van der Waals surface area contributed by atoms with Gasteiger partial charge in [0.1, 0.15) is 5.69 Å². The number of aromatic nitrogens is 3. The zero-order chi connectivity index (χ0) is 27.7. The summed E-state index contributed by atoms with van der Waals surface area (Å²) in [5.74, 6) is -3.29. The molecule has 39 heavy (non-hydrogen) atoms. The maximum absolute atomic E-state index is 16.0. The summed E-state index contributed by atoms with van der Waals surface area (Å²) in [5.41, 5.74) is -0.732. The number of halogens is 3. The number of carbonyl (C=O) groups is 1. The van der Waals surface area contributed by atoms with Crippen LogP contribution in [0, 0.1) is 17.6 Å². The number of ether oxygens (including phenoxy) is 1. The summed E-state index contributed by atoms with van der Waals surface area (Å²) < 4.78 is 50.5. The Bertz CT molecular complexity index is 1390. The molecule has 2 N–H and O–H groups in total. The van der Waals surface area contributed by atoms with Crippen LogP contribution in [0.4, 0.5) is 18.9 Å². The van der Waals surface area contributed by atoms with E-state index in [1.165, 1.54) is 24.4 Å². The molecule has 0 unspecified atom stereocenters. The molecule has 0 spiro atoms. The van der Waals surface area contributed by atoms with Gasteiger partial charge in [-0.05, 0) is 70.8 Å². The molecule has 0 radical (unpaired) electrons. The molecule has 8 nitrogen and oxygen atoms in total. The smallest absolute Gasteiger partial charge is 0.254 e. The van der Waals surface area contributed by atoms with Crippen LogP contribution in [-0.4, -0.2) is 64.1 Å². The lowest BCUT2D eigenvalue weighted by Crippen LogP contribution is -2.64. The Labute approximate surface area is 225 Å². The van der Waals surface area contributed by atoms with E-state index in [4.69, 9.17) is 4.74 Å². The number of nitrogens with zero attached hydrogens (tertiary/aromatic N) is 4. The Morgan fingerprint density at radius 2 is 1.90 bits per heavy atom. The Morgan fingerprint density at radius 3 is 2.54 bits per heavy atom. The van der Waals surface area contributed by atoms with Gasteiger partial charge in [0.05, 0.1) is 34.8 Å². The molecule has 0 aromatic carbocycles. The fourth-order valence-electron chi connectivity index (χ4n) is 5.54. The van der Waals surface area contributed by atoms with Gasteiger partial charge in [-0.25, -0.2) is 23.7 Å². The standard InChI is InChI=1S/C28H31F3N6O2/c1-4-32-21-7-6-20(35-25(21)31)24-23(30)18(26(38)36-28-10-8-17(9-11-28)37(3)15-28)13-22(34-24)16-12-19(29)27(33-14-16)39-5-2/h6-7,12-14,17,32H,4-5,8-11,15H2,1-3H3,(H,36,38). The number of amides is 1. The van der Waals surface area contributed by atoms with Crippen LogP contribution in [-0.2, 0) is 0 Å². The number of rotatable bonds is 8. The fraction of sp³-hybridized carbons (Fsp3) is 0.429. The summed E-state index contributed by atoms with van der Waals surface area (Å²) in [4.78, 5) is 28.0. The predicted octanol–water partition coefficient (Wildman–Crippen LogP) is 4.81. The second-order valence-electron chi connectivity index (χ2n) is 10.1. The van der Waals surface area contributed by atoms with Crippen LogP contribution in [0.5, 0.6) is 5.88 Å². The van der Waals surface area contributed by atoms with E-state index < -0.39 is 29.0 Å². The van der Waals surface area contributed by atoms with Crippen LogP contribution in [0.3, 0.4) is 0 Å². The second-order valence-corrected chi connectivity index (χ2v) is 10.1. The van der Waals surface area contributed by atoms with Crippen molar-refractivity contribution in [2.24, 2.45) is 0 Å². The maximum atomic E-state index is 16.0. The molecule has 2 aliphatic heterocycles. The van der Waals surface area contributed by atoms with Gasteiger partial charge in [0.15, 0.2) is 11.6 Å². The highest BCUT2D eigenvalue weighted by Crippen LogP contribution is 2.38. The predicted molar refractivity (Wildman–Crippen MR) is 141 cm³/mol. The Balaban J connectivity index is 1.58. The third kappa shape index (κ3) is 5.27. The topological polar surface area (TPSA) is 92.3 Å². The van der Waals surface area contributed by atoms with Crippen LogP contribution in [0.25, 0.3) is 22.6 Å². The Morgan fingerprint density at radius 1 is 1.13 bits per heavy atom. The van der Waals surface area contributed by atoms with Gasteiger partial charge >= 0.3 is 0 Å². The number of likely N-dealkylation sites (N-methyl/N-ethyl adjacent to an activating group) is 1. The molecule has 11 heteroatoms. The summed E-state index contributed by atoms with van der Waals surface area (Å²) in [6.07, 6.45) is 4.83. The van der Waals surface area contributed by atoms with E-state index in [2.05, 4.69) is 30.5 Å². The molecule has 6 rings (SSSR count). The number of carbonyl (C=O) groups excluding carboxylic acids is 1. The lowest BCUT2D eigenvalue weighted by Gasteiger charge is -2.51. The first kappa shape index (κ1) is 26.9. The average Bonchev–Trinajstić information content (AvgIpc) is 2.91. The van der Waals surface area contributed by atoms with Crippen LogP contribution in [0.2, 0.25) is 0 Å². The molecule has 1 saturated carbocycles. The second kappa shape index (κ2) is 10.8. The number of fused-ring (bicyclic) bond motifs is 3. The van der Waals surface area contributed by atoms with E-state index in [0.717, 1.165) is 31.7 Å². The van der Waals surface area contributed by atoms with Gasteiger partial charge in [0.25, 0.3) is 5.91 Å². The average molecular weight is 541 g/mol. The Hall–Kier alpha value is -3.73. The highest BCUT2D eigenvalue weighted by atomic mass is 19.1. The van der Waals surface area contributed by atoms with E-state index >= 15 is 4.39 Å². The molecule has 3 aromatic rings. The van der Waals surface area contributed by atoms with Crippen molar-refractivity contribution >= 4 is 11.6 Å². The number of nitrogens with one attached hydrogen (secondary N) is 2. The monoisotopic (exact) mass is 540 g/mol. The van der Waals surface area contributed by atoms with E-state index in [9.17, 15) is 13.6 Å². The molecule has 3 fully saturated rings. The number of anilines is 1. The van der Waals surface area contributed by atoms with Crippen molar-refractivity contribution < 1.29 is 22.7 Å². The van der Waals surface area contributed by atoms with Gasteiger partial charge in [0.2, 0.25) is 11.8 Å². The lowest BCUT2D eigenvalue weighted by molar-refractivity contribution is 0.0269. The molecule has 3 aliphatic rings. The number of hydrogen-bond donors (Lipinski definition) is 2. The zero-order valence-corrected chi connectivity index (χ0v) is 22.2. The lowest BCUT2D eigenvalue weighted by atomic mass is 9.74. The molecule has 3 aromatic heterocycles. The van der Waals surface area contributed by atoms with Crippen molar-refractivity contribution in [1.82, 2.24) is 25.2 Å². The summed E-state index contributed by atoms with van der Waals surface area (Å²) in [7, 11) is 2.03. The first-order valence-corrected chi connectivity index (χ1v) is 13.2. The third-order valence-electron chi connectivity index (χ3n) is 7.51. The van der Waals surface area contributed by atoms with Crippen LogP contribution in [0.1, 0.15) is 49.9 Å². The molecule has 1 aliphatic carbocycles. The molecule has 0 atom stereocenters. The van der Waals surface area contributed by atoms with E-state index in [1.807, 2.05) is 14.0 Å². The summed E-state index contributed by atoms with van der Waals surface area (Å²) in [5, 5.41) is 5.92.